The van der Waals surface area contributed by atoms with Crippen molar-refractivity contribution in [3.05, 3.63) is 35.4 Å². The molecular weight excluding hydrogens is 288 g/mol. The van der Waals surface area contributed by atoms with E-state index >= 15 is 0 Å². The maximum absolute atomic E-state index is 11.9. The Morgan fingerprint density at radius 1 is 1.35 bits per heavy atom. The minimum absolute atomic E-state index is 0.0826. The molecule has 1 aliphatic heterocycles. The van der Waals surface area contributed by atoms with Crippen molar-refractivity contribution < 1.29 is 4.79 Å². The first-order chi connectivity index (χ1) is 9.65. The van der Waals surface area contributed by atoms with Crippen LogP contribution in [0.3, 0.4) is 0 Å². The number of nitrogens with one attached hydrogen (secondary N) is 1. The van der Waals surface area contributed by atoms with Crippen molar-refractivity contribution in [3.8, 4) is 0 Å². The third kappa shape index (κ3) is 4.80. The highest BCUT2D eigenvalue weighted by Gasteiger charge is 2.14. The fourth-order valence-electron chi connectivity index (χ4n) is 2.23. The van der Waals surface area contributed by atoms with Gasteiger partial charge in [-0.25, -0.2) is 0 Å². The average Bonchev–Trinajstić information content (AvgIpc) is 2.47. The highest BCUT2D eigenvalue weighted by Crippen LogP contribution is 2.24. The Balaban J connectivity index is 1.77. The molecule has 1 heterocycles. The molecule has 1 saturated heterocycles. The van der Waals surface area contributed by atoms with Crippen molar-refractivity contribution in [2.24, 2.45) is 5.73 Å². The Labute approximate surface area is 129 Å². The van der Waals surface area contributed by atoms with Crippen LogP contribution in [0.4, 0.5) is 0 Å². The molecule has 0 aromatic heterocycles. The molecule has 0 aliphatic carbocycles. The summed E-state index contributed by atoms with van der Waals surface area (Å²) in [7, 11) is 0. The summed E-state index contributed by atoms with van der Waals surface area (Å²) >= 11 is 6.88. The molecule has 108 valence electrons. The number of amides is 1. The number of carbonyl (C=O) groups excluding carboxylic acids is 1. The smallest absolute Gasteiger partial charge is 0.224 e. The molecule has 1 amide bonds. The van der Waals surface area contributed by atoms with Crippen LogP contribution in [-0.4, -0.2) is 28.4 Å². The monoisotopic (exact) mass is 308 g/mol. The lowest BCUT2D eigenvalue weighted by Gasteiger charge is -2.21. The largest absolute Gasteiger partial charge is 0.389 e. The fourth-order valence-corrected chi connectivity index (χ4v) is 3.61. The third-order valence-corrected chi connectivity index (χ3v) is 5.04. The number of rotatable bonds is 5. The number of thioether (sulfide) groups is 1. The zero-order valence-electron chi connectivity index (χ0n) is 11.4. The van der Waals surface area contributed by atoms with E-state index in [-0.39, 0.29) is 5.91 Å². The van der Waals surface area contributed by atoms with E-state index in [0.717, 1.165) is 17.7 Å². The molecule has 3 N–H and O–H groups in total. The minimum atomic E-state index is 0.0826. The first-order valence-corrected chi connectivity index (χ1v) is 8.38. The van der Waals surface area contributed by atoms with Gasteiger partial charge in [-0.2, -0.15) is 11.8 Å². The molecular formula is C15H20N2OS2. The van der Waals surface area contributed by atoms with Gasteiger partial charge < -0.3 is 11.1 Å². The summed E-state index contributed by atoms with van der Waals surface area (Å²) in [6, 6.07) is 7.54. The molecule has 1 fully saturated rings. The maximum Gasteiger partial charge on any atom is 0.224 e. The van der Waals surface area contributed by atoms with E-state index in [0.29, 0.717) is 16.7 Å². The molecule has 3 nitrogen and oxygen atoms in total. The summed E-state index contributed by atoms with van der Waals surface area (Å²) in [6.45, 7) is 0.786. The second-order valence-corrected chi connectivity index (χ2v) is 6.88. The maximum atomic E-state index is 11.9. The number of thiocarbonyl (C=S) groups is 1. The second kappa shape index (κ2) is 7.64. The standard InChI is InChI=1S/C15H20N2OS2/c16-15(19)12-6-4-11(5-7-12)9-14(18)17-10-13-3-1-2-8-20-13/h4-7,13H,1-3,8-10H2,(H2,16,19)(H,17,18). The Bertz CT molecular complexity index is 467. The minimum Gasteiger partial charge on any atom is -0.389 e. The van der Waals surface area contributed by atoms with Crippen LogP contribution in [-0.2, 0) is 11.2 Å². The van der Waals surface area contributed by atoms with Gasteiger partial charge in [0.05, 0.1) is 6.42 Å². The topological polar surface area (TPSA) is 55.1 Å². The van der Waals surface area contributed by atoms with E-state index in [1.54, 1.807) is 0 Å². The van der Waals surface area contributed by atoms with Crippen LogP contribution in [0.15, 0.2) is 24.3 Å². The lowest BCUT2D eigenvalue weighted by molar-refractivity contribution is -0.120. The van der Waals surface area contributed by atoms with Gasteiger partial charge in [0.2, 0.25) is 5.91 Å². The summed E-state index contributed by atoms with van der Waals surface area (Å²) in [4.78, 5) is 12.3. The molecule has 0 bridgehead atoms. The zero-order valence-corrected chi connectivity index (χ0v) is 13.1. The molecule has 1 atom stereocenters. The van der Waals surface area contributed by atoms with Gasteiger partial charge in [0.1, 0.15) is 4.99 Å². The van der Waals surface area contributed by atoms with Crippen LogP contribution in [0.5, 0.6) is 0 Å². The Morgan fingerprint density at radius 3 is 2.70 bits per heavy atom. The highest BCUT2D eigenvalue weighted by molar-refractivity contribution is 7.99. The van der Waals surface area contributed by atoms with Gasteiger partial charge in [-0.15, -0.1) is 0 Å². The Kier molecular flexibility index (Phi) is 5.86. The van der Waals surface area contributed by atoms with Crippen molar-refractivity contribution in [2.75, 3.05) is 12.3 Å². The number of benzene rings is 1. The molecule has 1 unspecified atom stereocenters. The molecule has 2 rings (SSSR count). The normalized spacial score (nSPS) is 18.5. The SMILES string of the molecule is NC(=S)c1ccc(CC(=O)NCC2CCCCS2)cc1. The van der Waals surface area contributed by atoms with Crippen molar-refractivity contribution in [1.29, 1.82) is 0 Å². The van der Waals surface area contributed by atoms with Crippen LogP contribution in [0.1, 0.15) is 30.4 Å². The van der Waals surface area contributed by atoms with E-state index in [2.05, 4.69) is 5.32 Å². The number of hydrogen-bond donors (Lipinski definition) is 2. The van der Waals surface area contributed by atoms with Crippen LogP contribution in [0.2, 0.25) is 0 Å². The van der Waals surface area contributed by atoms with Gasteiger partial charge in [0.25, 0.3) is 0 Å². The van der Waals surface area contributed by atoms with Crippen LogP contribution < -0.4 is 11.1 Å². The summed E-state index contributed by atoms with van der Waals surface area (Å²) < 4.78 is 0. The van der Waals surface area contributed by atoms with Crippen molar-refractivity contribution in [2.45, 2.75) is 30.9 Å². The summed E-state index contributed by atoms with van der Waals surface area (Å²) in [5.74, 6) is 1.31. The fraction of sp³-hybridized carbons (Fsp3) is 0.467. The second-order valence-electron chi connectivity index (χ2n) is 5.03. The average molecular weight is 308 g/mol. The quantitative estimate of drug-likeness (QED) is 0.819. The highest BCUT2D eigenvalue weighted by atomic mass is 32.2. The first-order valence-electron chi connectivity index (χ1n) is 6.92. The van der Waals surface area contributed by atoms with E-state index in [1.807, 2.05) is 36.0 Å². The third-order valence-electron chi connectivity index (χ3n) is 3.40. The number of nitrogens with two attached hydrogens (primary N) is 1. The van der Waals surface area contributed by atoms with Gasteiger partial charge in [-0.05, 0) is 24.2 Å². The van der Waals surface area contributed by atoms with Gasteiger partial charge in [-0.1, -0.05) is 42.9 Å². The number of carbonyl (C=O) groups is 1. The first kappa shape index (κ1) is 15.3. The molecule has 1 aliphatic rings. The molecule has 1 aromatic carbocycles. The van der Waals surface area contributed by atoms with E-state index in [1.165, 1.54) is 25.0 Å². The lowest BCUT2D eigenvalue weighted by atomic mass is 10.1. The molecule has 1 aromatic rings. The van der Waals surface area contributed by atoms with Crippen LogP contribution >= 0.6 is 24.0 Å². The van der Waals surface area contributed by atoms with Crippen LogP contribution in [0, 0.1) is 0 Å². The summed E-state index contributed by atoms with van der Waals surface area (Å²) in [5.41, 5.74) is 7.37. The van der Waals surface area contributed by atoms with Crippen molar-refractivity contribution in [1.82, 2.24) is 5.32 Å². The lowest BCUT2D eigenvalue weighted by Crippen LogP contribution is -2.32. The van der Waals surface area contributed by atoms with E-state index in [4.69, 9.17) is 18.0 Å². The molecule has 0 saturated carbocycles. The predicted octanol–water partition coefficient (Wildman–Crippen LogP) is 2.27. The molecule has 0 radical (unpaired) electrons. The predicted molar refractivity (Wildman–Crippen MR) is 89.1 cm³/mol. The van der Waals surface area contributed by atoms with Crippen LogP contribution in [0.25, 0.3) is 0 Å². The van der Waals surface area contributed by atoms with E-state index < -0.39 is 0 Å². The zero-order chi connectivity index (χ0) is 14.4. The summed E-state index contributed by atoms with van der Waals surface area (Å²) in [6.07, 6.45) is 4.22. The molecule has 0 spiro atoms. The van der Waals surface area contributed by atoms with Gasteiger partial charge in [0, 0.05) is 17.4 Å². The van der Waals surface area contributed by atoms with Gasteiger partial charge >= 0.3 is 0 Å². The number of hydrogen-bond acceptors (Lipinski definition) is 3. The molecule has 20 heavy (non-hydrogen) atoms. The van der Waals surface area contributed by atoms with Crippen molar-refractivity contribution >= 4 is 34.9 Å². The van der Waals surface area contributed by atoms with Gasteiger partial charge in [0.15, 0.2) is 0 Å². The molecule has 5 heteroatoms. The van der Waals surface area contributed by atoms with Gasteiger partial charge in [-0.3, -0.25) is 4.79 Å². The van der Waals surface area contributed by atoms with Crippen molar-refractivity contribution in [3.63, 3.8) is 0 Å². The Morgan fingerprint density at radius 2 is 2.10 bits per heavy atom. The van der Waals surface area contributed by atoms with E-state index in [9.17, 15) is 4.79 Å². The summed E-state index contributed by atoms with van der Waals surface area (Å²) in [5, 5.41) is 3.62. The Hall–Kier alpha value is -1.07.